The van der Waals surface area contributed by atoms with Crippen LogP contribution in [0.4, 0.5) is 26.3 Å². The Morgan fingerprint density at radius 3 is 2.03 bits per heavy atom. The van der Waals surface area contributed by atoms with Crippen molar-refractivity contribution in [2.24, 2.45) is 0 Å². The van der Waals surface area contributed by atoms with E-state index >= 15 is 0 Å². The number of hydrogen-bond acceptors (Lipinski definition) is 4. The van der Waals surface area contributed by atoms with Crippen LogP contribution in [0.2, 0.25) is 0 Å². The Hall–Kier alpha value is -2.53. The van der Waals surface area contributed by atoms with Gasteiger partial charge in [0.25, 0.3) is 0 Å². The number of hydrogen-bond donors (Lipinski definition) is 2. The Morgan fingerprint density at radius 2 is 1.58 bits per heavy atom. The molecule has 1 aromatic heterocycles. The summed E-state index contributed by atoms with van der Waals surface area (Å²) in [7, 11) is 0. The second-order valence-electron chi connectivity index (χ2n) is 7.12. The number of aromatic nitrogens is 2. The van der Waals surface area contributed by atoms with Crippen LogP contribution >= 0.6 is 0 Å². The van der Waals surface area contributed by atoms with Gasteiger partial charge in [0.2, 0.25) is 5.72 Å². The van der Waals surface area contributed by atoms with E-state index in [0.29, 0.717) is 30.3 Å². The van der Waals surface area contributed by atoms with Gasteiger partial charge in [-0.3, -0.25) is 4.90 Å². The molecule has 0 amide bonds. The highest BCUT2D eigenvalue weighted by molar-refractivity contribution is 5.34. The molecule has 172 valence electrons. The highest BCUT2D eigenvalue weighted by Gasteiger charge is 2.57. The number of aliphatic hydroxyl groups is 2. The molecule has 0 spiro atoms. The molecule has 1 unspecified atom stereocenters. The van der Waals surface area contributed by atoms with Crippen LogP contribution in [0.5, 0.6) is 0 Å². The molecular formula is C20H23F6N3O2. The summed E-state index contributed by atoms with van der Waals surface area (Å²) in [6, 6.07) is 9.29. The molecule has 1 saturated heterocycles. The number of allylic oxidation sites excluding steroid dienone is 1. The molecule has 1 fully saturated rings. The summed E-state index contributed by atoms with van der Waals surface area (Å²) in [4.78, 5) is 0.923. The number of halogens is 6. The number of aryl methyl sites for hydroxylation is 1. The molecule has 31 heavy (non-hydrogen) atoms. The van der Waals surface area contributed by atoms with Crippen LogP contribution in [-0.4, -0.2) is 49.9 Å². The van der Waals surface area contributed by atoms with E-state index in [2.05, 4.69) is 5.10 Å². The number of benzene rings is 1. The van der Waals surface area contributed by atoms with Crippen molar-refractivity contribution in [2.45, 2.75) is 44.8 Å². The summed E-state index contributed by atoms with van der Waals surface area (Å²) in [6.07, 6.45) is -7.51. The SMILES string of the molecule is C/C(O)=C/C(O)(N1CCCC1)C(F)(F)F.Cc1cc(C(F)(F)F)n(-c2ccccc2)n1. The molecule has 3 rings (SSSR count). The van der Waals surface area contributed by atoms with Crippen LogP contribution in [-0.2, 0) is 6.18 Å². The minimum absolute atomic E-state index is 0.180. The summed E-state index contributed by atoms with van der Waals surface area (Å²) in [6.45, 7) is 3.00. The van der Waals surface area contributed by atoms with Crippen molar-refractivity contribution in [3.05, 3.63) is 59.6 Å². The normalized spacial score (nSPS) is 17.8. The zero-order chi connectivity index (χ0) is 23.4. The second kappa shape index (κ2) is 9.31. The molecule has 11 heteroatoms. The summed E-state index contributed by atoms with van der Waals surface area (Å²) in [5.41, 5.74) is -3.04. The van der Waals surface area contributed by atoms with E-state index in [1.807, 2.05) is 0 Å². The Labute approximate surface area is 175 Å². The molecule has 1 aromatic carbocycles. The summed E-state index contributed by atoms with van der Waals surface area (Å²) >= 11 is 0. The second-order valence-corrected chi connectivity index (χ2v) is 7.12. The average molecular weight is 451 g/mol. The van der Waals surface area contributed by atoms with Gasteiger partial charge in [-0.2, -0.15) is 31.4 Å². The van der Waals surface area contributed by atoms with Gasteiger partial charge in [0, 0.05) is 19.2 Å². The van der Waals surface area contributed by atoms with Gasteiger partial charge in [0.15, 0.2) is 0 Å². The zero-order valence-corrected chi connectivity index (χ0v) is 16.9. The van der Waals surface area contributed by atoms with E-state index < -0.39 is 29.5 Å². The third-order valence-corrected chi connectivity index (χ3v) is 4.54. The molecule has 2 aromatic rings. The molecule has 0 saturated carbocycles. The molecular weight excluding hydrogens is 428 g/mol. The molecule has 0 aliphatic carbocycles. The van der Waals surface area contributed by atoms with E-state index in [-0.39, 0.29) is 13.1 Å². The van der Waals surface area contributed by atoms with Crippen molar-refractivity contribution >= 4 is 0 Å². The van der Waals surface area contributed by atoms with Crippen molar-refractivity contribution in [1.29, 1.82) is 0 Å². The lowest BCUT2D eigenvalue weighted by Gasteiger charge is -2.35. The van der Waals surface area contributed by atoms with Gasteiger partial charge in [-0.15, -0.1) is 0 Å². The van der Waals surface area contributed by atoms with Crippen molar-refractivity contribution in [3.63, 3.8) is 0 Å². The highest BCUT2D eigenvalue weighted by atomic mass is 19.4. The fraction of sp³-hybridized carbons (Fsp3) is 0.450. The Morgan fingerprint density at radius 1 is 1.03 bits per heavy atom. The molecule has 5 nitrogen and oxygen atoms in total. The molecule has 0 bridgehead atoms. The van der Waals surface area contributed by atoms with E-state index in [4.69, 9.17) is 5.11 Å². The number of rotatable bonds is 3. The van der Waals surface area contributed by atoms with Crippen LogP contribution in [0.15, 0.2) is 48.2 Å². The van der Waals surface area contributed by atoms with Crippen LogP contribution in [0.1, 0.15) is 31.2 Å². The van der Waals surface area contributed by atoms with E-state index in [1.165, 1.54) is 6.92 Å². The number of likely N-dealkylation sites (tertiary alicyclic amines) is 1. The molecule has 2 N–H and O–H groups in total. The third kappa shape index (κ3) is 6.01. The Bertz CT molecular complexity index is 883. The van der Waals surface area contributed by atoms with Gasteiger partial charge in [-0.1, -0.05) is 18.2 Å². The lowest BCUT2D eigenvalue weighted by atomic mass is 10.1. The maximum atomic E-state index is 12.7. The number of alkyl halides is 6. The van der Waals surface area contributed by atoms with E-state index in [0.717, 1.165) is 22.6 Å². The van der Waals surface area contributed by atoms with Gasteiger partial charge in [-0.25, -0.2) is 4.68 Å². The van der Waals surface area contributed by atoms with E-state index in [9.17, 15) is 31.4 Å². The maximum absolute atomic E-state index is 12.7. The first-order valence-corrected chi connectivity index (χ1v) is 9.37. The number of para-hydroxylation sites is 1. The fourth-order valence-electron chi connectivity index (χ4n) is 3.17. The van der Waals surface area contributed by atoms with Gasteiger partial charge in [0.1, 0.15) is 5.69 Å². The van der Waals surface area contributed by atoms with Crippen LogP contribution < -0.4 is 0 Å². The highest BCUT2D eigenvalue weighted by Crippen LogP contribution is 2.37. The topological polar surface area (TPSA) is 61.5 Å². The minimum atomic E-state index is -4.80. The lowest BCUT2D eigenvalue weighted by molar-refractivity contribution is -0.290. The minimum Gasteiger partial charge on any atom is -0.513 e. The lowest BCUT2D eigenvalue weighted by Crippen LogP contribution is -2.56. The first-order chi connectivity index (χ1) is 14.3. The number of aliphatic hydroxyl groups excluding tert-OH is 1. The van der Waals surface area contributed by atoms with Gasteiger partial charge >= 0.3 is 12.4 Å². The van der Waals surface area contributed by atoms with Crippen LogP contribution in [0.3, 0.4) is 0 Å². The number of nitrogens with zero attached hydrogens (tertiary/aromatic N) is 3. The third-order valence-electron chi connectivity index (χ3n) is 4.54. The van der Waals surface area contributed by atoms with Gasteiger partial charge in [0.05, 0.1) is 17.1 Å². The predicted octanol–water partition coefficient (Wildman–Crippen LogP) is 4.99. The van der Waals surface area contributed by atoms with Crippen molar-refractivity contribution in [3.8, 4) is 5.69 Å². The zero-order valence-electron chi connectivity index (χ0n) is 16.9. The maximum Gasteiger partial charge on any atom is 0.435 e. The standard InChI is InChI=1S/C11H9F3N2.C9H14F3NO2/c1-8-7-10(11(12,13)14)16(15-8)9-5-3-2-4-6-9;1-7(14)6-8(15,9(10,11)12)13-4-2-3-5-13/h2-7H,1H3;6,14-15H,2-5H2,1H3/b;7-6-. The predicted molar refractivity (Wildman–Crippen MR) is 102 cm³/mol. The summed E-state index contributed by atoms with van der Waals surface area (Å²) in [5, 5.41) is 22.3. The first-order valence-electron chi connectivity index (χ1n) is 9.37. The smallest absolute Gasteiger partial charge is 0.435 e. The molecule has 2 heterocycles. The largest absolute Gasteiger partial charge is 0.513 e. The van der Waals surface area contributed by atoms with E-state index in [1.54, 1.807) is 30.3 Å². The summed E-state index contributed by atoms with van der Waals surface area (Å²) in [5.74, 6) is -0.540. The van der Waals surface area contributed by atoms with Gasteiger partial charge < -0.3 is 10.2 Å². The molecule has 0 radical (unpaired) electrons. The van der Waals surface area contributed by atoms with Crippen LogP contribution in [0, 0.1) is 6.92 Å². The monoisotopic (exact) mass is 451 g/mol. The van der Waals surface area contributed by atoms with Crippen molar-refractivity contribution in [2.75, 3.05) is 13.1 Å². The molecule has 1 aliphatic rings. The van der Waals surface area contributed by atoms with Crippen LogP contribution in [0.25, 0.3) is 5.69 Å². The Balaban J connectivity index is 0.000000221. The molecule has 1 aliphatic heterocycles. The summed E-state index contributed by atoms with van der Waals surface area (Å²) < 4.78 is 77.0. The van der Waals surface area contributed by atoms with Gasteiger partial charge in [-0.05, 0) is 44.9 Å². The first kappa shape index (κ1) is 24.7. The average Bonchev–Trinajstić information content (AvgIpc) is 3.31. The van der Waals surface area contributed by atoms with Crippen molar-refractivity contribution in [1.82, 2.24) is 14.7 Å². The Kier molecular flexibility index (Phi) is 7.43. The fourth-order valence-corrected chi connectivity index (χ4v) is 3.17. The molecule has 1 atom stereocenters. The quantitative estimate of drug-likeness (QED) is 0.510. The van der Waals surface area contributed by atoms with Crippen molar-refractivity contribution < 1.29 is 36.6 Å².